The Morgan fingerprint density at radius 1 is 0.786 bits per heavy atom. The second kappa shape index (κ2) is 5.65. The van der Waals surface area contributed by atoms with Crippen molar-refractivity contribution in [1.82, 2.24) is 4.98 Å². The lowest BCUT2D eigenvalue weighted by Crippen LogP contribution is -1.96. The molecule has 0 aliphatic heterocycles. The highest BCUT2D eigenvalue weighted by Crippen LogP contribution is 2.50. The SMILES string of the molecule is CCC(C)c1ccc2cccc3c2c1-c1nc2c(ccc4ccccc42)cc1-3. The normalized spacial score (nSPS) is 13.4. The first kappa shape index (κ1) is 15.8. The van der Waals surface area contributed by atoms with E-state index in [0.29, 0.717) is 5.92 Å². The molecule has 1 aromatic heterocycles. The summed E-state index contributed by atoms with van der Waals surface area (Å²) in [5.41, 5.74) is 7.65. The maximum atomic E-state index is 5.30. The summed E-state index contributed by atoms with van der Waals surface area (Å²) in [6.45, 7) is 4.60. The summed E-state index contributed by atoms with van der Waals surface area (Å²) in [5, 5.41) is 6.38. The minimum absolute atomic E-state index is 0.517. The van der Waals surface area contributed by atoms with Crippen LogP contribution in [0, 0.1) is 0 Å². The third-order valence-electron chi connectivity index (χ3n) is 6.46. The van der Waals surface area contributed by atoms with Gasteiger partial charge >= 0.3 is 0 Å². The molecule has 1 atom stereocenters. The summed E-state index contributed by atoms with van der Waals surface area (Å²) >= 11 is 0. The molecule has 28 heavy (non-hydrogen) atoms. The van der Waals surface area contributed by atoms with Gasteiger partial charge in [0.25, 0.3) is 0 Å². The van der Waals surface area contributed by atoms with Gasteiger partial charge in [0.2, 0.25) is 0 Å². The first-order valence-electron chi connectivity index (χ1n) is 10.1. The molecule has 1 heteroatoms. The van der Waals surface area contributed by atoms with E-state index in [2.05, 4.69) is 86.6 Å². The van der Waals surface area contributed by atoms with Crippen molar-refractivity contribution in [1.29, 1.82) is 0 Å². The van der Waals surface area contributed by atoms with Crippen LogP contribution in [0.5, 0.6) is 0 Å². The molecule has 0 fully saturated rings. The van der Waals surface area contributed by atoms with Crippen LogP contribution < -0.4 is 0 Å². The van der Waals surface area contributed by atoms with Gasteiger partial charge in [0.05, 0.1) is 11.2 Å². The van der Waals surface area contributed by atoms with Crippen molar-refractivity contribution >= 4 is 32.4 Å². The average Bonchev–Trinajstić information content (AvgIpc) is 3.07. The van der Waals surface area contributed by atoms with Gasteiger partial charge in [-0.3, -0.25) is 0 Å². The highest BCUT2D eigenvalue weighted by atomic mass is 14.7. The van der Waals surface area contributed by atoms with Crippen molar-refractivity contribution in [2.75, 3.05) is 0 Å². The largest absolute Gasteiger partial charge is 0.246 e. The van der Waals surface area contributed by atoms with E-state index in [-0.39, 0.29) is 0 Å². The lowest BCUT2D eigenvalue weighted by Gasteiger charge is -2.15. The van der Waals surface area contributed by atoms with Crippen molar-refractivity contribution in [2.24, 2.45) is 0 Å². The van der Waals surface area contributed by atoms with Gasteiger partial charge in [-0.05, 0) is 45.7 Å². The summed E-state index contributed by atoms with van der Waals surface area (Å²) in [5.74, 6) is 0.517. The first-order valence-corrected chi connectivity index (χ1v) is 10.1. The maximum absolute atomic E-state index is 5.30. The molecule has 1 aliphatic rings. The Bertz CT molecular complexity index is 1410. The molecule has 1 unspecified atom stereocenters. The second-order valence-corrected chi connectivity index (χ2v) is 7.99. The molecule has 6 rings (SSSR count). The summed E-state index contributed by atoms with van der Waals surface area (Å²) in [7, 11) is 0. The Kier molecular flexibility index (Phi) is 3.20. The van der Waals surface area contributed by atoms with Gasteiger partial charge in [-0.2, -0.15) is 0 Å². The Hall–Kier alpha value is -3.19. The quantitative estimate of drug-likeness (QED) is 0.289. The van der Waals surface area contributed by atoms with Crippen molar-refractivity contribution in [3.8, 4) is 22.4 Å². The minimum atomic E-state index is 0.517. The van der Waals surface area contributed by atoms with Crippen LogP contribution >= 0.6 is 0 Å². The van der Waals surface area contributed by atoms with E-state index in [1.807, 2.05) is 0 Å². The van der Waals surface area contributed by atoms with E-state index < -0.39 is 0 Å². The van der Waals surface area contributed by atoms with Crippen LogP contribution in [0.2, 0.25) is 0 Å². The first-order chi connectivity index (χ1) is 13.8. The molecule has 4 aromatic carbocycles. The standard InChI is InChI=1S/C27H21N/c1-3-16(2)20-14-13-18-8-6-10-22-23-15-19-12-11-17-7-4-5-9-21(17)26(19)28-27(23)25(20)24(18)22/h4-16H,3H2,1-2H3. The molecule has 1 aliphatic carbocycles. The van der Waals surface area contributed by atoms with Crippen LogP contribution in [0.4, 0.5) is 0 Å². The van der Waals surface area contributed by atoms with Crippen LogP contribution in [0.3, 0.4) is 0 Å². The highest BCUT2D eigenvalue weighted by molar-refractivity contribution is 6.18. The fourth-order valence-electron chi connectivity index (χ4n) is 4.81. The van der Waals surface area contributed by atoms with E-state index in [1.54, 1.807) is 0 Å². The molecule has 0 radical (unpaired) electrons. The van der Waals surface area contributed by atoms with Gasteiger partial charge in [0, 0.05) is 21.9 Å². The Morgan fingerprint density at radius 2 is 1.57 bits per heavy atom. The predicted molar refractivity (Wildman–Crippen MR) is 120 cm³/mol. The maximum Gasteiger partial charge on any atom is 0.0797 e. The molecular weight excluding hydrogens is 338 g/mol. The topological polar surface area (TPSA) is 12.9 Å². The molecule has 0 saturated heterocycles. The van der Waals surface area contributed by atoms with Crippen LogP contribution in [0.25, 0.3) is 54.8 Å². The van der Waals surface area contributed by atoms with E-state index in [0.717, 1.165) is 17.6 Å². The Balaban J connectivity index is 1.79. The van der Waals surface area contributed by atoms with Crippen molar-refractivity contribution in [3.63, 3.8) is 0 Å². The second-order valence-electron chi connectivity index (χ2n) is 7.99. The van der Waals surface area contributed by atoms with Crippen LogP contribution in [-0.4, -0.2) is 4.98 Å². The third kappa shape index (κ3) is 1.99. The van der Waals surface area contributed by atoms with E-state index in [4.69, 9.17) is 4.98 Å². The molecule has 0 bridgehead atoms. The van der Waals surface area contributed by atoms with Gasteiger partial charge < -0.3 is 0 Å². The molecule has 0 spiro atoms. The predicted octanol–water partition coefficient (Wildman–Crippen LogP) is 7.70. The van der Waals surface area contributed by atoms with Crippen molar-refractivity contribution < 1.29 is 0 Å². The van der Waals surface area contributed by atoms with E-state index in [9.17, 15) is 0 Å². The van der Waals surface area contributed by atoms with Crippen molar-refractivity contribution in [3.05, 3.63) is 78.4 Å². The number of nitrogens with zero attached hydrogens (tertiary/aromatic N) is 1. The fraction of sp³-hybridized carbons (Fsp3) is 0.148. The molecular formula is C27H21N. The van der Waals surface area contributed by atoms with Gasteiger partial charge in [-0.25, -0.2) is 4.98 Å². The smallest absolute Gasteiger partial charge is 0.0797 e. The fourth-order valence-corrected chi connectivity index (χ4v) is 4.81. The molecule has 0 amide bonds. The summed E-state index contributed by atoms with van der Waals surface area (Å²) in [6.07, 6.45) is 1.13. The lowest BCUT2D eigenvalue weighted by atomic mass is 9.90. The molecule has 5 aromatic rings. The number of fused-ring (bicyclic) bond motifs is 6. The number of pyridine rings is 1. The molecule has 0 N–H and O–H groups in total. The van der Waals surface area contributed by atoms with Crippen LogP contribution in [-0.2, 0) is 0 Å². The summed E-state index contributed by atoms with van der Waals surface area (Å²) < 4.78 is 0. The van der Waals surface area contributed by atoms with Gasteiger partial charge in [0.1, 0.15) is 0 Å². The van der Waals surface area contributed by atoms with Crippen LogP contribution in [0.1, 0.15) is 31.7 Å². The minimum Gasteiger partial charge on any atom is -0.246 e. The number of hydrogen-bond acceptors (Lipinski definition) is 1. The molecule has 0 saturated carbocycles. The van der Waals surface area contributed by atoms with E-state index >= 15 is 0 Å². The number of hydrogen-bond donors (Lipinski definition) is 0. The van der Waals surface area contributed by atoms with Gasteiger partial charge in [-0.1, -0.05) is 80.6 Å². The zero-order valence-corrected chi connectivity index (χ0v) is 16.2. The zero-order chi connectivity index (χ0) is 18.8. The molecule has 134 valence electrons. The summed E-state index contributed by atoms with van der Waals surface area (Å²) in [6, 6.07) is 26.6. The van der Waals surface area contributed by atoms with Gasteiger partial charge in [-0.15, -0.1) is 0 Å². The monoisotopic (exact) mass is 359 g/mol. The molecule has 1 nitrogen and oxygen atoms in total. The van der Waals surface area contributed by atoms with E-state index in [1.165, 1.54) is 49.2 Å². The Labute approximate surface area is 164 Å². The number of benzene rings is 4. The number of rotatable bonds is 2. The average molecular weight is 359 g/mol. The zero-order valence-electron chi connectivity index (χ0n) is 16.2. The third-order valence-corrected chi connectivity index (χ3v) is 6.46. The molecule has 1 heterocycles. The summed E-state index contributed by atoms with van der Waals surface area (Å²) in [4.78, 5) is 5.30. The van der Waals surface area contributed by atoms with Gasteiger partial charge in [0.15, 0.2) is 0 Å². The van der Waals surface area contributed by atoms with Crippen LogP contribution in [0.15, 0.2) is 72.8 Å². The van der Waals surface area contributed by atoms with Crippen molar-refractivity contribution in [2.45, 2.75) is 26.2 Å². The Morgan fingerprint density at radius 3 is 2.46 bits per heavy atom. The highest BCUT2D eigenvalue weighted by Gasteiger charge is 2.27. The number of aromatic nitrogens is 1. The lowest BCUT2D eigenvalue weighted by molar-refractivity contribution is 0.736.